The lowest BCUT2D eigenvalue weighted by Crippen LogP contribution is -2.24. The minimum atomic E-state index is -0.443. The van der Waals surface area contributed by atoms with Crippen LogP contribution in [0.4, 0.5) is 14.6 Å². The normalized spacial score (nSPS) is 16.3. The topological polar surface area (TPSA) is 79.9 Å². The summed E-state index contributed by atoms with van der Waals surface area (Å²) in [5.41, 5.74) is 3.53. The van der Waals surface area contributed by atoms with E-state index in [-0.39, 0.29) is 6.04 Å². The molecule has 0 spiro atoms. The summed E-state index contributed by atoms with van der Waals surface area (Å²) in [5.74, 6) is -0.160. The summed E-state index contributed by atoms with van der Waals surface area (Å²) in [7, 11) is 0. The van der Waals surface area contributed by atoms with Crippen molar-refractivity contribution in [2.24, 2.45) is 0 Å². The maximum Gasteiger partial charge on any atom is 0.183 e. The van der Waals surface area contributed by atoms with Gasteiger partial charge in [0.25, 0.3) is 0 Å². The van der Waals surface area contributed by atoms with Crippen molar-refractivity contribution in [2.75, 3.05) is 11.4 Å². The Morgan fingerprint density at radius 1 is 1.03 bits per heavy atom. The largest absolute Gasteiger partial charge is 0.349 e. The molecule has 5 heterocycles. The second-order valence-corrected chi connectivity index (χ2v) is 7.76. The van der Waals surface area contributed by atoms with Gasteiger partial charge in [-0.1, -0.05) is 0 Å². The van der Waals surface area contributed by atoms with Crippen LogP contribution in [-0.4, -0.2) is 41.1 Å². The second-order valence-electron chi connectivity index (χ2n) is 7.76. The Bertz CT molecular complexity index is 1400. The van der Waals surface area contributed by atoms with Crippen LogP contribution in [0, 0.1) is 11.6 Å². The first-order valence-corrected chi connectivity index (χ1v) is 10.3. The van der Waals surface area contributed by atoms with Gasteiger partial charge in [0, 0.05) is 41.8 Å². The van der Waals surface area contributed by atoms with Crippen LogP contribution in [0.15, 0.2) is 61.4 Å². The van der Waals surface area contributed by atoms with Crippen LogP contribution >= 0.6 is 0 Å². The van der Waals surface area contributed by atoms with E-state index in [0.29, 0.717) is 29.3 Å². The molecule has 1 saturated heterocycles. The zero-order valence-electron chi connectivity index (χ0n) is 16.9. The molecule has 1 aromatic carbocycles. The van der Waals surface area contributed by atoms with Crippen molar-refractivity contribution in [1.82, 2.24) is 34.6 Å². The first kappa shape index (κ1) is 18.7. The zero-order valence-corrected chi connectivity index (χ0v) is 16.9. The fourth-order valence-electron chi connectivity index (χ4n) is 4.32. The quantitative estimate of drug-likeness (QED) is 0.466. The molecular weight excluding hydrogens is 414 g/mol. The summed E-state index contributed by atoms with van der Waals surface area (Å²) in [6.07, 6.45) is 12.3. The highest BCUT2D eigenvalue weighted by atomic mass is 19.1. The van der Waals surface area contributed by atoms with Gasteiger partial charge in [-0.3, -0.25) is 5.10 Å². The summed E-state index contributed by atoms with van der Waals surface area (Å²) in [6, 6.07) is 5.18. The number of halogens is 2. The molecule has 0 aliphatic carbocycles. The molecule has 5 aromatic rings. The van der Waals surface area contributed by atoms with Crippen LogP contribution in [0.1, 0.15) is 24.4 Å². The van der Waals surface area contributed by atoms with E-state index < -0.39 is 11.6 Å². The molecule has 0 amide bonds. The van der Waals surface area contributed by atoms with Crippen LogP contribution < -0.4 is 4.90 Å². The van der Waals surface area contributed by atoms with Crippen molar-refractivity contribution < 1.29 is 8.78 Å². The first-order chi connectivity index (χ1) is 15.7. The Labute approximate surface area is 181 Å². The van der Waals surface area contributed by atoms with Crippen LogP contribution in [0.5, 0.6) is 0 Å². The molecule has 1 N–H and O–H groups in total. The summed E-state index contributed by atoms with van der Waals surface area (Å²) in [4.78, 5) is 6.85. The first-order valence-electron chi connectivity index (χ1n) is 10.3. The van der Waals surface area contributed by atoms with Crippen molar-refractivity contribution in [1.29, 1.82) is 0 Å². The third kappa shape index (κ3) is 3.03. The fourth-order valence-corrected chi connectivity index (χ4v) is 4.32. The van der Waals surface area contributed by atoms with Crippen molar-refractivity contribution in [2.45, 2.75) is 18.9 Å². The van der Waals surface area contributed by atoms with E-state index in [1.54, 1.807) is 34.0 Å². The highest BCUT2D eigenvalue weighted by Crippen LogP contribution is 2.37. The maximum absolute atomic E-state index is 14.5. The second kappa shape index (κ2) is 7.26. The van der Waals surface area contributed by atoms with E-state index in [9.17, 15) is 8.78 Å². The van der Waals surface area contributed by atoms with Gasteiger partial charge in [-0.05, 0) is 37.1 Å². The van der Waals surface area contributed by atoms with Gasteiger partial charge < -0.3 is 4.90 Å². The monoisotopic (exact) mass is 432 g/mol. The average molecular weight is 432 g/mol. The predicted molar refractivity (Wildman–Crippen MR) is 113 cm³/mol. The highest BCUT2D eigenvalue weighted by molar-refractivity contribution is 5.64. The fraction of sp³-hybridized carbons (Fsp3) is 0.182. The molecule has 10 heteroatoms. The van der Waals surface area contributed by atoms with Gasteiger partial charge in [-0.25, -0.2) is 23.0 Å². The molecular formula is C22H18F2N8. The molecule has 1 aliphatic heterocycles. The molecule has 0 saturated carbocycles. The van der Waals surface area contributed by atoms with Crippen molar-refractivity contribution in [3.8, 4) is 16.8 Å². The molecule has 8 nitrogen and oxygen atoms in total. The molecule has 0 bridgehead atoms. The third-order valence-corrected chi connectivity index (χ3v) is 5.86. The molecule has 0 radical (unpaired) electrons. The van der Waals surface area contributed by atoms with Gasteiger partial charge in [0.1, 0.15) is 23.1 Å². The number of hydrogen-bond donors (Lipinski definition) is 1. The van der Waals surface area contributed by atoms with Crippen molar-refractivity contribution >= 4 is 11.5 Å². The van der Waals surface area contributed by atoms with Gasteiger partial charge in [-0.15, -0.1) is 0 Å². The van der Waals surface area contributed by atoms with Crippen molar-refractivity contribution in [3.05, 3.63) is 78.6 Å². The summed E-state index contributed by atoms with van der Waals surface area (Å²) in [5, 5.41) is 15.6. The molecule has 0 unspecified atom stereocenters. The third-order valence-electron chi connectivity index (χ3n) is 5.86. The molecule has 4 aromatic heterocycles. The Kier molecular flexibility index (Phi) is 4.23. The SMILES string of the molecule is Fc1ccc(F)c([C@@H]2CCCN2c2ccn3ncc(-n4cc(-c5cn[nH]c5)cn4)c3n2)c1. The summed E-state index contributed by atoms with van der Waals surface area (Å²) < 4.78 is 31.7. The van der Waals surface area contributed by atoms with Gasteiger partial charge in [0.15, 0.2) is 5.65 Å². The summed E-state index contributed by atoms with van der Waals surface area (Å²) >= 11 is 0. The number of anilines is 1. The molecule has 32 heavy (non-hydrogen) atoms. The van der Waals surface area contributed by atoms with Crippen LogP contribution in [0.3, 0.4) is 0 Å². The predicted octanol–water partition coefficient (Wildman–Crippen LogP) is 3.92. The van der Waals surface area contributed by atoms with E-state index in [4.69, 9.17) is 4.98 Å². The number of nitrogens with one attached hydrogen (secondary N) is 1. The van der Waals surface area contributed by atoms with Gasteiger partial charge in [0.05, 0.1) is 24.6 Å². The number of aromatic nitrogens is 7. The smallest absolute Gasteiger partial charge is 0.183 e. The average Bonchev–Trinajstić information content (AvgIpc) is 3.60. The number of aromatic amines is 1. The summed E-state index contributed by atoms with van der Waals surface area (Å²) in [6.45, 7) is 0.708. The number of rotatable bonds is 4. The molecule has 1 fully saturated rings. The van der Waals surface area contributed by atoms with Gasteiger partial charge in [-0.2, -0.15) is 15.3 Å². The van der Waals surface area contributed by atoms with Crippen LogP contribution in [0.25, 0.3) is 22.5 Å². The van der Waals surface area contributed by atoms with E-state index in [0.717, 1.165) is 30.0 Å². The Morgan fingerprint density at radius 2 is 1.97 bits per heavy atom. The Balaban J connectivity index is 1.39. The lowest BCUT2D eigenvalue weighted by molar-refractivity contribution is 0.560. The van der Waals surface area contributed by atoms with Crippen molar-refractivity contribution in [3.63, 3.8) is 0 Å². The molecule has 160 valence electrons. The maximum atomic E-state index is 14.5. The lowest BCUT2D eigenvalue weighted by atomic mass is 10.0. The number of fused-ring (bicyclic) bond motifs is 1. The highest BCUT2D eigenvalue weighted by Gasteiger charge is 2.30. The zero-order chi connectivity index (χ0) is 21.7. The van der Waals surface area contributed by atoms with Gasteiger partial charge in [0.2, 0.25) is 0 Å². The lowest BCUT2D eigenvalue weighted by Gasteiger charge is -2.26. The number of benzene rings is 1. The molecule has 6 rings (SSSR count). The minimum Gasteiger partial charge on any atom is -0.349 e. The number of hydrogen-bond acceptors (Lipinski definition) is 5. The minimum absolute atomic E-state index is 0.274. The van der Waals surface area contributed by atoms with Crippen LogP contribution in [0.2, 0.25) is 0 Å². The Morgan fingerprint density at radius 3 is 2.84 bits per heavy atom. The van der Waals surface area contributed by atoms with Gasteiger partial charge >= 0.3 is 0 Å². The van der Waals surface area contributed by atoms with E-state index in [2.05, 4.69) is 20.4 Å². The van der Waals surface area contributed by atoms with Crippen LogP contribution in [-0.2, 0) is 0 Å². The van der Waals surface area contributed by atoms with E-state index >= 15 is 0 Å². The standard InChI is InChI=1S/C22H18F2N8/c23-16-3-4-18(24)17(8-16)19-2-1-6-30(19)21-5-7-31-22(29-21)20(12-28-31)32-13-15(11-27-32)14-9-25-26-10-14/h3-5,7-13,19H,1-2,6H2,(H,25,26)/t19-/m0/s1. The number of H-pyrrole nitrogens is 1. The number of nitrogens with zero attached hydrogens (tertiary/aromatic N) is 7. The Hall–Kier alpha value is -4.08. The van der Waals surface area contributed by atoms with E-state index in [1.807, 2.05) is 23.4 Å². The molecule has 1 atom stereocenters. The molecule has 1 aliphatic rings. The van der Waals surface area contributed by atoms with E-state index in [1.165, 1.54) is 12.1 Å².